The van der Waals surface area contributed by atoms with E-state index in [0.717, 1.165) is 29.2 Å². The van der Waals surface area contributed by atoms with Gasteiger partial charge in [0, 0.05) is 51.1 Å². The van der Waals surface area contributed by atoms with E-state index in [-0.39, 0.29) is 28.5 Å². The Balaban J connectivity index is 1.66. The van der Waals surface area contributed by atoms with Crippen LogP contribution in [0, 0.1) is 16.0 Å². The maximum absolute atomic E-state index is 13.2. The van der Waals surface area contributed by atoms with Crippen LogP contribution in [0.3, 0.4) is 0 Å². The van der Waals surface area contributed by atoms with Crippen LogP contribution >= 0.6 is 0 Å². The molecule has 9 heteroatoms. The summed E-state index contributed by atoms with van der Waals surface area (Å²) in [5.74, 6) is 0.406. The first-order valence-electron chi connectivity index (χ1n) is 10.7. The Morgan fingerprint density at radius 2 is 2.00 bits per heavy atom. The summed E-state index contributed by atoms with van der Waals surface area (Å²) < 4.78 is 10.6. The Morgan fingerprint density at radius 3 is 2.75 bits per heavy atom. The minimum absolute atomic E-state index is 0.0494. The van der Waals surface area contributed by atoms with Crippen LogP contribution in [0.15, 0.2) is 42.5 Å². The number of methoxy groups -OCH3 is 2. The third-order valence-electron chi connectivity index (χ3n) is 6.27. The van der Waals surface area contributed by atoms with Gasteiger partial charge in [-0.3, -0.25) is 14.9 Å². The van der Waals surface area contributed by atoms with Crippen LogP contribution in [0.2, 0.25) is 0 Å². The van der Waals surface area contributed by atoms with Crippen LogP contribution in [0.25, 0.3) is 0 Å². The lowest BCUT2D eigenvalue weighted by Crippen LogP contribution is -2.61. The number of fused-ring (bicyclic) bond motifs is 3. The summed E-state index contributed by atoms with van der Waals surface area (Å²) >= 11 is 0. The smallest absolute Gasteiger partial charge is 0.269 e. The maximum Gasteiger partial charge on any atom is 0.269 e. The number of nitro groups is 1. The summed E-state index contributed by atoms with van der Waals surface area (Å²) in [7, 11) is 3.25. The van der Waals surface area contributed by atoms with E-state index in [0.29, 0.717) is 32.7 Å². The van der Waals surface area contributed by atoms with Gasteiger partial charge in [-0.2, -0.15) is 0 Å². The molecule has 0 aromatic heterocycles. The second-order valence-corrected chi connectivity index (χ2v) is 8.04. The Bertz CT molecular complexity index is 998. The van der Waals surface area contributed by atoms with E-state index >= 15 is 0 Å². The van der Waals surface area contributed by atoms with Crippen molar-refractivity contribution in [2.45, 2.75) is 12.5 Å². The van der Waals surface area contributed by atoms with Crippen molar-refractivity contribution in [1.82, 2.24) is 5.32 Å². The van der Waals surface area contributed by atoms with Gasteiger partial charge in [-0.25, -0.2) is 0 Å². The van der Waals surface area contributed by atoms with E-state index in [2.05, 4.69) is 15.1 Å². The molecule has 2 aromatic rings. The number of amides is 1. The Kier molecular flexibility index (Phi) is 6.45. The zero-order chi connectivity index (χ0) is 22.7. The molecule has 2 atom stereocenters. The molecule has 0 radical (unpaired) electrons. The summed E-state index contributed by atoms with van der Waals surface area (Å²) in [6, 6.07) is 12.8. The number of carbonyl (C=O) groups excluding carboxylic acids is 1. The van der Waals surface area contributed by atoms with Gasteiger partial charge < -0.3 is 24.6 Å². The van der Waals surface area contributed by atoms with E-state index in [1.54, 1.807) is 26.4 Å². The molecule has 1 saturated heterocycles. The monoisotopic (exact) mass is 440 g/mol. The van der Waals surface area contributed by atoms with Gasteiger partial charge in [-0.1, -0.05) is 12.1 Å². The van der Waals surface area contributed by atoms with Crippen LogP contribution in [0.1, 0.15) is 5.56 Å². The van der Waals surface area contributed by atoms with Gasteiger partial charge in [0.25, 0.3) is 5.69 Å². The van der Waals surface area contributed by atoms with Crippen molar-refractivity contribution in [1.29, 1.82) is 0 Å². The quantitative estimate of drug-likeness (QED) is 0.401. The molecule has 0 aliphatic carbocycles. The first-order chi connectivity index (χ1) is 15.5. The van der Waals surface area contributed by atoms with Gasteiger partial charge >= 0.3 is 0 Å². The number of rotatable bonds is 7. The number of hydrogen-bond acceptors (Lipinski definition) is 7. The molecule has 32 heavy (non-hydrogen) atoms. The number of nitrogens with one attached hydrogen (secondary N) is 1. The Hall–Kier alpha value is -3.33. The molecule has 1 amide bonds. The van der Waals surface area contributed by atoms with Crippen LogP contribution < -0.4 is 19.9 Å². The van der Waals surface area contributed by atoms with Crippen molar-refractivity contribution in [2.75, 3.05) is 56.8 Å². The minimum Gasteiger partial charge on any atom is -0.495 e. The summed E-state index contributed by atoms with van der Waals surface area (Å²) in [5, 5.41) is 14.3. The van der Waals surface area contributed by atoms with Gasteiger partial charge in [0.15, 0.2) is 0 Å². The lowest BCUT2D eigenvalue weighted by Gasteiger charge is -2.49. The molecule has 2 unspecified atom stereocenters. The minimum atomic E-state index is -0.389. The average Bonchev–Trinajstić information content (AvgIpc) is 2.82. The number of nitrogens with zero attached hydrogens (tertiary/aromatic N) is 3. The van der Waals surface area contributed by atoms with Crippen LogP contribution in [0.5, 0.6) is 5.75 Å². The van der Waals surface area contributed by atoms with E-state index in [1.807, 2.05) is 30.3 Å². The van der Waals surface area contributed by atoms with E-state index < -0.39 is 0 Å². The third-order valence-corrected chi connectivity index (χ3v) is 6.27. The molecule has 170 valence electrons. The largest absolute Gasteiger partial charge is 0.495 e. The molecule has 4 rings (SSSR count). The fraction of sp³-hybridized carbons (Fsp3) is 0.435. The number of ether oxygens (including phenoxy) is 2. The number of hydrogen-bond donors (Lipinski definition) is 1. The molecular weight excluding hydrogens is 412 g/mol. The molecule has 2 aromatic carbocycles. The zero-order valence-corrected chi connectivity index (χ0v) is 18.3. The SMILES string of the molecule is COCCNC(=O)C1Cc2cc([N+](=O)[O-])ccc2N2CCN(c3ccccc3OC)CC12. The highest BCUT2D eigenvalue weighted by molar-refractivity contribution is 5.82. The highest BCUT2D eigenvalue weighted by Crippen LogP contribution is 2.39. The Morgan fingerprint density at radius 1 is 1.19 bits per heavy atom. The topological polar surface area (TPSA) is 97.2 Å². The van der Waals surface area contributed by atoms with Crippen molar-refractivity contribution in [3.63, 3.8) is 0 Å². The van der Waals surface area contributed by atoms with Gasteiger partial charge in [-0.05, 0) is 30.2 Å². The lowest BCUT2D eigenvalue weighted by atomic mass is 9.83. The normalized spacial score (nSPS) is 19.7. The number of carbonyl (C=O) groups is 1. The van der Waals surface area contributed by atoms with Crippen LogP contribution in [-0.2, 0) is 16.0 Å². The van der Waals surface area contributed by atoms with Crippen molar-refractivity contribution in [2.24, 2.45) is 5.92 Å². The highest BCUT2D eigenvalue weighted by Gasteiger charge is 2.42. The van der Waals surface area contributed by atoms with E-state index in [9.17, 15) is 14.9 Å². The van der Waals surface area contributed by atoms with Crippen molar-refractivity contribution >= 4 is 23.0 Å². The number of piperazine rings is 1. The predicted octanol–water partition coefficient (Wildman–Crippen LogP) is 2.23. The molecule has 0 saturated carbocycles. The fourth-order valence-electron chi connectivity index (χ4n) is 4.74. The van der Waals surface area contributed by atoms with Crippen LogP contribution in [-0.4, -0.2) is 63.9 Å². The molecule has 1 N–H and O–H groups in total. The molecule has 0 spiro atoms. The number of benzene rings is 2. The Labute approximate surface area is 187 Å². The summed E-state index contributed by atoms with van der Waals surface area (Å²) in [5.41, 5.74) is 2.87. The lowest BCUT2D eigenvalue weighted by molar-refractivity contribution is -0.384. The van der Waals surface area contributed by atoms with Gasteiger partial charge in [0.1, 0.15) is 5.75 Å². The van der Waals surface area contributed by atoms with Crippen molar-refractivity contribution < 1.29 is 19.2 Å². The summed E-state index contributed by atoms with van der Waals surface area (Å²) in [6.07, 6.45) is 0.455. The third kappa shape index (κ3) is 4.20. The van der Waals surface area contributed by atoms with Gasteiger partial charge in [0.05, 0.1) is 36.3 Å². The first kappa shape index (κ1) is 21.9. The maximum atomic E-state index is 13.2. The van der Waals surface area contributed by atoms with E-state index in [1.165, 1.54) is 0 Å². The number of nitro benzene ring substituents is 1. The molecule has 9 nitrogen and oxygen atoms in total. The molecule has 0 bridgehead atoms. The molecular formula is C23H28N4O5. The fourth-order valence-corrected chi connectivity index (χ4v) is 4.74. The van der Waals surface area contributed by atoms with E-state index in [4.69, 9.17) is 9.47 Å². The second-order valence-electron chi connectivity index (χ2n) is 8.04. The van der Waals surface area contributed by atoms with Crippen LogP contribution in [0.4, 0.5) is 17.1 Å². The average molecular weight is 441 g/mol. The van der Waals surface area contributed by atoms with Gasteiger partial charge in [0.2, 0.25) is 5.91 Å². The summed E-state index contributed by atoms with van der Waals surface area (Å²) in [4.78, 5) is 28.5. The molecule has 2 aliphatic heterocycles. The number of anilines is 2. The van der Waals surface area contributed by atoms with Crippen molar-refractivity contribution in [3.8, 4) is 5.75 Å². The van der Waals surface area contributed by atoms with Crippen molar-refractivity contribution in [3.05, 3.63) is 58.1 Å². The molecule has 2 aliphatic rings. The molecule has 2 heterocycles. The molecule has 1 fully saturated rings. The first-order valence-corrected chi connectivity index (χ1v) is 10.7. The number of non-ortho nitro benzene ring substituents is 1. The number of para-hydroxylation sites is 2. The zero-order valence-electron chi connectivity index (χ0n) is 18.3. The second kappa shape index (κ2) is 9.44. The predicted molar refractivity (Wildman–Crippen MR) is 122 cm³/mol. The standard InChI is InChI=1S/C23H28N4O5/c1-31-12-9-24-23(28)18-14-16-13-17(27(29)30)7-8-19(16)26-11-10-25(15-21(18)26)20-5-3-4-6-22(20)32-2/h3-8,13,18,21H,9-12,14-15H2,1-2H3,(H,24,28). The highest BCUT2D eigenvalue weighted by atomic mass is 16.6. The van der Waals surface area contributed by atoms with Gasteiger partial charge in [-0.15, -0.1) is 0 Å². The summed E-state index contributed by atoms with van der Waals surface area (Å²) in [6.45, 7) is 2.97.